The van der Waals surface area contributed by atoms with Crippen molar-refractivity contribution in [1.82, 2.24) is 0 Å². The molecule has 0 heterocycles. The Hall–Kier alpha value is -1.12. The van der Waals surface area contributed by atoms with Crippen molar-refractivity contribution in [3.63, 3.8) is 0 Å². The molecule has 2 heteroatoms. The fourth-order valence-electron chi connectivity index (χ4n) is 1.54. The van der Waals surface area contributed by atoms with Gasteiger partial charge in [0.05, 0.1) is 19.3 Å². The Morgan fingerprint density at radius 3 is 2.72 bits per heavy atom. The van der Waals surface area contributed by atoms with Crippen LogP contribution >= 0.6 is 0 Å². The van der Waals surface area contributed by atoms with Crippen LogP contribution in [0.15, 0.2) is 42.5 Å². The Labute approximate surface area is 111 Å². The van der Waals surface area contributed by atoms with Gasteiger partial charge >= 0.3 is 0 Å². The van der Waals surface area contributed by atoms with E-state index >= 15 is 0 Å². The second-order valence-electron chi connectivity index (χ2n) is 4.36. The third-order valence-corrected chi connectivity index (χ3v) is 2.61. The topological polar surface area (TPSA) is 18.5 Å². The summed E-state index contributed by atoms with van der Waals surface area (Å²) < 4.78 is 11.2. The van der Waals surface area contributed by atoms with Crippen LogP contribution in [0.2, 0.25) is 0 Å². The standard InChI is InChI=1S/C16H24O2/c1-3-4-13-18-15(2)9-8-12-17-14-16-10-6-5-7-11-16/h5-11,15H,3-4,12-14H2,1-2H3/b9-8+. The number of unbranched alkanes of at least 4 members (excludes halogenated alkanes) is 1. The SMILES string of the molecule is CCCCOC(C)/C=C/COCc1ccccc1. The third kappa shape index (κ3) is 7.25. The first kappa shape index (κ1) is 14.9. The van der Waals surface area contributed by atoms with Gasteiger partial charge in [0.2, 0.25) is 0 Å². The lowest BCUT2D eigenvalue weighted by Crippen LogP contribution is -2.06. The van der Waals surface area contributed by atoms with Crippen molar-refractivity contribution in [3.8, 4) is 0 Å². The minimum Gasteiger partial charge on any atom is -0.374 e. The second kappa shape index (κ2) is 9.86. The number of hydrogen-bond donors (Lipinski definition) is 0. The summed E-state index contributed by atoms with van der Waals surface area (Å²) in [5.41, 5.74) is 1.21. The van der Waals surface area contributed by atoms with E-state index in [4.69, 9.17) is 9.47 Å². The molecule has 1 unspecified atom stereocenters. The van der Waals surface area contributed by atoms with Crippen LogP contribution in [0, 0.1) is 0 Å². The van der Waals surface area contributed by atoms with Crippen LogP contribution in [0.5, 0.6) is 0 Å². The van der Waals surface area contributed by atoms with Crippen LogP contribution in [0.25, 0.3) is 0 Å². The number of benzene rings is 1. The summed E-state index contributed by atoms with van der Waals surface area (Å²) >= 11 is 0. The molecular formula is C16H24O2. The van der Waals surface area contributed by atoms with Crippen LogP contribution in [0.4, 0.5) is 0 Å². The number of hydrogen-bond acceptors (Lipinski definition) is 2. The quantitative estimate of drug-likeness (QED) is 0.486. The van der Waals surface area contributed by atoms with Crippen molar-refractivity contribution in [2.24, 2.45) is 0 Å². The Morgan fingerprint density at radius 2 is 2.00 bits per heavy atom. The van der Waals surface area contributed by atoms with Crippen LogP contribution in [-0.2, 0) is 16.1 Å². The minimum absolute atomic E-state index is 0.178. The van der Waals surface area contributed by atoms with E-state index < -0.39 is 0 Å². The van der Waals surface area contributed by atoms with Crippen molar-refractivity contribution >= 4 is 0 Å². The van der Waals surface area contributed by atoms with Crippen molar-refractivity contribution in [3.05, 3.63) is 48.0 Å². The monoisotopic (exact) mass is 248 g/mol. The van der Waals surface area contributed by atoms with Gasteiger partial charge in [0.1, 0.15) is 0 Å². The molecule has 2 nitrogen and oxygen atoms in total. The smallest absolute Gasteiger partial charge is 0.0728 e. The zero-order valence-electron chi connectivity index (χ0n) is 11.5. The lowest BCUT2D eigenvalue weighted by molar-refractivity contribution is 0.0935. The van der Waals surface area contributed by atoms with E-state index in [0.717, 1.165) is 13.0 Å². The molecule has 0 amide bonds. The minimum atomic E-state index is 0.178. The molecule has 0 aromatic heterocycles. The van der Waals surface area contributed by atoms with E-state index in [2.05, 4.69) is 32.1 Å². The van der Waals surface area contributed by atoms with Gasteiger partial charge in [-0.25, -0.2) is 0 Å². The Balaban J connectivity index is 2.06. The highest BCUT2D eigenvalue weighted by molar-refractivity contribution is 5.13. The molecule has 0 saturated heterocycles. The van der Waals surface area contributed by atoms with Crippen molar-refractivity contribution in [2.45, 2.75) is 39.4 Å². The zero-order chi connectivity index (χ0) is 13.1. The molecule has 1 aromatic carbocycles. The predicted molar refractivity (Wildman–Crippen MR) is 75.6 cm³/mol. The Bertz CT molecular complexity index is 319. The van der Waals surface area contributed by atoms with E-state index in [-0.39, 0.29) is 6.10 Å². The molecule has 0 aliphatic carbocycles. The summed E-state index contributed by atoms with van der Waals surface area (Å²) in [6.07, 6.45) is 6.57. The van der Waals surface area contributed by atoms with Crippen LogP contribution < -0.4 is 0 Å². The second-order valence-corrected chi connectivity index (χ2v) is 4.36. The first-order chi connectivity index (χ1) is 8.83. The zero-order valence-corrected chi connectivity index (χ0v) is 11.5. The highest BCUT2D eigenvalue weighted by atomic mass is 16.5. The van der Waals surface area contributed by atoms with E-state index in [9.17, 15) is 0 Å². The molecular weight excluding hydrogens is 224 g/mol. The summed E-state index contributed by atoms with van der Waals surface area (Å²) in [6.45, 7) is 6.37. The normalized spacial score (nSPS) is 13.0. The maximum Gasteiger partial charge on any atom is 0.0728 e. The van der Waals surface area contributed by atoms with Gasteiger partial charge in [-0.3, -0.25) is 0 Å². The van der Waals surface area contributed by atoms with E-state index in [1.165, 1.54) is 12.0 Å². The van der Waals surface area contributed by atoms with Gasteiger partial charge in [0, 0.05) is 6.61 Å². The fraction of sp³-hybridized carbons (Fsp3) is 0.500. The van der Waals surface area contributed by atoms with Crippen molar-refractivity contribution in [2.75, 3.05) is 13.2 Å². The molecule has 0 radical (unpaired) electrons. The molecule has 0 aliphatic rings. The van der Waals surface area contributed by atoms with Crippen LogP contribution in [0.1, 0.15) is 32.3 Å². The molecule has 0 aliphatic heterocycles. The lowest BCUT2D eigenvalue weighted by Gasteiger charge is -2.07. The molecule has 18 heavy (non-hydrogen) atoms. The van der Waals surface area contributed by atoms with Gasteiger partial charge in [-0.05, 0) is 18.9 Å². The van der Waals surface area contributed by atoms with Gasteiger partial charge in [-0.2, -0.15) is 0 Å². The van der Waals surface area contributed by atoms with E-state index in [1.807, 2.05) is 24.3 Å². The molecule has 1 rings (SSSR count). The average Bonchev–Trinajstić information content (AvgIpc) is 2.40. The maximum atomic E-state index is 5.60. The fourth-order valence-corrected chi connectivity index (χ4v) is 1.54. The number of ether oxygens (including phenoxy) is 2. The van der Waals surface area contributed by atoms with E-state index in [1.54, 1.807) is 0 Å². The molecule has 0 N–H and O–H groups in total. The molecule has 100 valence electrons. The average molecular weight is 248 g/mol. The molecule has 0 fully saturated rings. The summed E-state index contributed by atoms with van der Waals surface area (Å²) in [6, 6.07) is 10.2. The summed E-state index contributed by atoms with van der Waals surface area (Å²) in [7, 11) is 0. The molecule has 0 saturated carbocycles. The Kier molecular flexibility index (Phi) is 8.19. The first-order valence-electron chi connectivity index (χ1n) is 6.73. The van der Waals surface area contributed by atoms with Gasteiger partial charge in [-0.1, -0.05) is 55.8 Å². The highest BCUT2D eigenvalue weighted by Crippen LogP contribution is 2.01. The molecule has 0 bridgehead atoms. The van der Waals surface area contributed by atoms with Gasteiger partial charge in [0.15, 0.2) is 0 Å². The van der Waals surface area contributed by atoms with Crippen LogP contribution in [-0.4, -0.2) is 19.3 Å². The maximum absolute atomic E-state index is 5.60. The number of rotatable bonds is 9. The molecule has 1 atom stereocenters. The highest BCUT2D eigenvalue weighted by Gasteiger charge is 1.95. The van der Waals surface area contributed by atoms with Crippen molar-refractivity contribution in [1.29, 1.82) is 0 Å². The predicted octanol–water partition coefficient (Wildman–Crippen LogP) is 3.96. The molecule has 1 aromatic rings. The first-order valence-corrected chi connectivity index (χ1v) is 6.73. The summed E-state index contributed by atoms with van der Waals surface area (Å²) in [5, 5.41) is 0. The summed E-state index contributed by atoms with van der Waals surface area (Å²) in [4.78, 5) is 0. The molecule has 0 spiro atoms. The van der Waals surface area contributed by atoms with E-state index in [0.29, 0.717) is 13.2 Å². The van der Waals surface area contributed by atoms with Crippen LogP contribution in [0.3, 0.4) is 0 Å². The lowest BCUT2D eigenvalue weighted by atomic mass is 10.2. The van der Waals surface area contributed by atoms with Gasteiger partial charge in [0.25, 0.3) is 0 Å². The largest absolute Gasteiger partial charge is 0.374 e. The van der Waals surface area contributed by atoms with Gasteiger partial charge < -0.3 is 9.47 Å². The van der Waals surface area contributed by atoms with Crippen molar-refractivity contribution < 1.29 is 9.47 Å². The summed E-state index contributed by atoms with van der Waals surface area (Å²) in [5.74, 6) is 0. The van der Waals surface area contributed by atoms with Gasteiger partial charge in [-0.15, -0.1) is 0 Å². The Morgan fingerprint density at radius 1 is 1.22 bits per heavy atom. The third-order valence-electron chi connectivity index (χ3n) is 2.61.